The molecule has 1 aromatic rings. The van der Waals surface area contributed by atoms with Crippen LogP contribution in [-0.2, 0) is 0 Å². The van der Waals surface area contributed by atoms with Crippen molar-refractivity contribution in [2.45, 2.75) is 46.7 Å². The molecule has 0 fully saturated rings. The Hall–Kier alpha value is -0.755. The largest absolute Gasteiger partial charge is 0.312 e. The van der Waals surface area contributed by atoms with Crippen molar-refractivity contribution in [2.75, 3.05) is 0 Å². The van der Waals surface area contributed by atoms with E-state index in [0.29, 0.717) is 12.1 Å². The van der Waals surface area contributed by atoms with Gasteiger partial charge in [-0.3, -0.25) is 0 Å². The first kappa shape index (κ1) is 14.2. The molecule has 0 aliphatic carbocycles. The summed E-state index contributed by atoms with van der Waals surface area (Å²) in [5.74, 6) is 0. The number of hydrogen-bond acceptors (Lipinski definition) is 1. The van der Waals surface area contributed by atoms with Crippen molar-refractivity contribution in [1.29, 1.82) is 0 Å². The van der Waals surface area contributed by atoms with Crippen LogP contribution in [0.5, 0.6) is 0 Å². The smallest absolute Gasteiger partial charge is 0.113 e. The van der Waals surface area contributed by atoms with E-state index in [-0.39, 0.29) is 0 Å². The van der Waals surface area contributed by atoms with E-state index in [4.69, 9.17) is 7.85 Å². The van der Waals surface area contributed by atoms with Crippen molar-refractivity contribution in [3.05, 3.63) is 29.8 Å². The maximum atomic E-state index is 5.43. The molecular weight excluding hydrogens is 181 g/mol. The second-order valence-corrected chi connectivity index (χ2v) is 4.39. The molecule has 1 aromatic carbocycles. The average molecular weight is 203 g/mol. The Labute approximate surface area is 95.7 Å². The van der Waals surface area contributed by atoms with Gasteiger partial charge < -0.3 is 5.32 Å². The van der Waals surface area contributed by atoms with Gasteiger partial charge in [-0.25, -0.2) is 0 Å². The van der Waals surface area contributed by atoms with E-state index < -0.39 is 0 Å². The predicted octanol–water partition coefficient (Wildman–Crippen LogP) is 2.18. The third-order valence-corrected chi connectivity index (χ3v) is 1.74. The first-order valence-electron chi connectivity index (χ1n) is 5.50. The van der Waals surface area contributed by atoms with Crippen LogP contribution in [0, 0.1) is 6.92 Å². The molecule has 0 heterocycles. The molecule has 2 radical (unpaired) electrons. The summed E-state index contributed by atoms with van der Waals surface area (Å²) in [5, 5.41) is 3.31. The van der Waals surface area contributed by atoms with Gasteiger partial charge in [0.2, 0.25) is 0 Å². The molecule has 0 aromatic heterocycles. The lowest BCUT2D eigenvalue weighted by molar-refractivity contribution is 0.518. The molecule has 0 aliphatic rings. The standard InChI is InChI=1S/C7H7B.C6H15N/c1-6-2-4-7(8)5-3-6;1-5(2)7-6(3)4/h2-5H,1H3;5-7H,1-4H3. The number of rotatable bonds is 2. The summed E-state index contributed by atoms with van der Waals surface area (Å²) in [7, 11) is 5.43. The van der Waals surface area contributed by atoms with Crippen LogP contribution in [0.4, 0.5) is 0 Å². The summed E-state index contributed by atoms with van der Waals surface area (Å²) in [4.78, 5) is 0. The lowest BCUT2D eigenvalue weighted by atomic mass is 9.96. The van der Waals surface area contributed by atoms with Crippen LogP contribution in [0.25, 0.3) is 0 Å². The zero-order valence-corrected chi connectivity index (χ0v) is 10.5. The number of nitrogens with one attached hydrogen (secondary N) is 1. The maximum absolute atomic E-state index is 5.43. The van der Waals surface area contributed by atoms with Gasteiger partial charge in [0.1, 0.15) is 7.85 Å². The van der Waals surface area contributed by atoms with E-state index in [1.807, 2.05) is 31.2 Å². The van der Waals surface area contributed by atoms with Gasteiger partial charge in [-0.1, -0.05) is 63.0 Å². The van der Waals surface area contributed by atoms with Crippen LogP contribution in [0.3, 0.4) is 0 Å². The van der Waals surface area contributed by atoms with Gasteiger partial charge in [0.25, 0.3) is 0 Å². The van der Waals surface area contributed by atoms with Crippen molar-refractivity contribution in [3.63, 3.8) is 0 Å². The second kappa shape index (κ2) is 7.53. The van der Waals surface area contributed by atoms with Crippen molar-refractivity contribution in [2.24, 2.45) is 0 Å². The average Bonchev–Trinajstić information content (AvgIpc) is 2.09. The number of benzene rings is 1. The molecule has 0 saturated carbocycles. The molecule has 82 valence electrons. The summed E-state index contributed by atoms with van der Waals surface area (Å²) in [6.07, 6.45) is 0. The Morgan fingerprint density at radius 3 is 1.53 bits per heavy atom. The van der Waals surface area contributed by atoms with Crippen molar-refractivity contribution in [1.82, 2.24) is 5.32 Å². The molecule has 0 amide bonds. The van der Waals surface area contributed by atoms with E-state index >= 15 is 0 Å². The molecule has 1 nitrogen and oxygen atoms in total. The molecule has 0 atom stereocenters. The molecule has 2 heteroatoms. The molecule has 0 unspecified atom stereocenters. The van der Waals surface area contributed by atoms with Gasteiger partial charge in [-0.15, -0.1) is 0 Å². The van der Waals surface area contributed by atoms with Gasteiger partial charge >= 0.3 is 0 Å². The fourth-order valence-corrected chi connectivity index (χ4v) is 1.23. The van der Waals surface area contributed by atoms with Crippen LogP contribution in [0.2, 0.25) is 0 Å². The first-order chi connectivity index (χ1) is 6.91. The van der Waals surface area contributed by atoms with Crippen molar-refractivity contribution < 1.29 is 0 Å². The van der Waals surface area contributed by atoms with E-state index in [1.165, 1.54) is 5.56 Å². The maximum Gasteiger partial charge on any atom is 0.113 e. The third kappa shape index (κ3) is 9.55. The van der Waals surface area contributed by atoms with Crippen LogP contribution in [0.15, 0.2) is 24.3 Å². The minimum Gasteiger partial charge on any atom is -0.312 e. The molecule has 0 bridgehead atoms. The first-order valence-corrected chi connectivity index (χ1v) is 5.50. The highest BCUT2D eigenvalue weighted by Gasteiger charge is 1.92. The van der Waals surface area contributed by atoms with Crippen LogP contribution in [0.1, 0.15) is 33.3 Å². The van der Waals surface area contributed by atoms with Crippen LogP contribution in [-0.4, -0.2) is 19.9 Å². The van der Waals surface area contributed by atoms with Crippen molar-refractivity contribution in [3.8, 4) is 0 Å². The third-order valence-electron chi connectivity index (χ3n) is 1.74. The topological polar surface area (TPSA) is 12.0 Å². The summed E-state index contributed by atoms with van der Waals surface area (Å²) in [6, 6.07) is 9.04. The highest BCUT2D eigenvalue weighted by atomic mass is 14.9. The zero-order valence-electron chi connectivity index (χ0n) is 10.5. The lowest BCUT2D eigenvalue weighted by Crippen LogP contribution is -2.29. The van der Waals surface area contributed by atoms with Crippen LogP contribution >= 0.6 is 0 Å². The molecule has 0 saturated heterocycles. The van der Waals surface area contributed by atoms with Gasteiger partial charge in [0, 0.05) is 12.1 Å². The number of aryl methyl sites for hydroxylation is 1. The molecule has 0 aliphatic heterocycles. The zero-order chi connectivity index (χ0) is 11.8. The quantitative estimate of drug-likeness (QED) is 0.726. The second-order valence-electron chi connectivity index (χ2n) is 4.39. The molecule has 1 rings (SSSR count). The molecular formula is C13H22BN. The molecule has 1 N–H and O–H groups in total. The fraction of sp³-hybridized carbons (Fsp3) is 0.538. The summed E-state index contributed by atoms with van der Waals surface area (Å²) in [5.41, 5.74) is 2.08. The highest BCUT2D eigenvalue weighted by molar-refractivity contribution is 6.32. The van der Waals surface area contributed by atoms with Crippen LogP contribution < -0.4 is 10.8 Å². The number of hydrogen-bond donors (Lipinski definition) is 1. The summed E-state index contributed by atoms with van der Waals surface area (Å²) in [6.45, 7) is 10.7. The minimum absolute atomic E-state index is 0.625. The van der Waals surface area contributed by atoms with Gasteiger partial charge in [0.05, 0.1) is 0 Å². The Morgan fingerprint density at radius 1 is 0.933 bits per heavy atom. The van der Waals surface area contributed by atoms with Gasteiger partial charge in [-0.05, 0) is 6.92 Å². The van der Waals surface area contributed by atoms with E-state index in [2.05, 4.69) is 33.0 Å². The van der Waals surface area contributed by atoms with Crippen molar-refractivity contribution >= 4 is 13.3 Å². The Balaban J connectivity index is 0.000000265. The Kier molecular flexibility index (Phi) is 7.15. The monoisotopic (exact) mass is 203 g/mol. The van der Waals surface area contributed by atoms with E-state index in [9.17, 15) is 0 Å². The fourth-order valence-electron chi connectivity index (χ4n) is 1.23. The van der Waals surface area contributed by atoms with Gasteiger partial charge in [0.15, 0.2) is 0 Å². The highest BCUT2D eigenvalue weighted by Crippen LogP contribution is 1.90. The predicted molar refractivity (Wildman–Crippen MR) is 70.0 cm³/mol. The van der Waals surface area contributed by atoms with E-state index in [1.54, 1.807) is 0 Å². The normalized spacial score (nSPS) is 10.1. The molecule has 15 heavy (non-hydrogen) atoms. The van der Waals surface area contributed by atoms with Gasteiger partial charge in [-0.2, -0.15) is 0 Å². The SMILES string of the molecule is CC(C)NC(C)C.[B]c1ccc(C)cc1. The lowest BCUT2D eigenvalue weighted by Gasteiger charge is -2.10. The van der Waals surface area contributed by atoms with E-state index in [0.717, 1.165) is 5.46 Å². The Morgan fingerprint density at radius 2 is 1.33 bits per heavy atom. The minimum atomic E-state index is 0.625. The summed E-state index contributed by atoms with van der Waals surface area (Å²) >= 11 is 0. The summed E-state index contributed by atoms with van der Waals surface area (Å²) < 4.78 is 0. The molecule has 0 spiro atoms. The Bertz CT molecular complexity index is 225.